The lowest BCUT2D eigenvalue weighted by Gasteiger charge is -2.43. The molecule has 4 unspecified atom stereocenters. The molecule has 2 aromatic carbocycles. The van der Waals surface area contributed by atoms with Crippen LogP contribution >= 0.6 is 0 Å². The van der Waals surface area contributed by atoms with Crippen LogP contribution in [-0.4, -0.2) is 149 Å². The van der Waals surface area contributed by atoms with Crippen LogP contribution in [0.15, 0.2) is 55.4 Å². The van der Waals surface area contributed by atoms with Gasteiger partial charge < -0.3 is 29.1 Å². The Kier molecular flexibility index (Phi) is 14.2. The van der Waals surface area contributed by atoms with E-state index in [0.29, 0.717) is 69.5 Å². The van der Waals surface area contributed by atoms with Gasteiger partial charge >= 0.3 is 0 Å². The van der Waals surface area contributed by atoms with Crippen LogP contribution in [0.5, 0.6) is 11.5 Å². The largest absolute Gasteiger partial charge is 0.493 e. The number of carbonyl (C=O) groups is 2. The molecule has 4 aliphatic rings. The number of fused-ring (bicyclic) bond motifs is 4. The molecular weight excluding hydrogens is 895 g/mol. The molecule has 2 amide bonds. The molecule has 70 heavy (non-hydrogen) atoms. The molecule has 0 bridgehead atoms. The van der Waals surface area contributed by atoms with Crippen molar-refractivity contribution in [2.24, 2.45) is 0 Å². The molecular formula is C52H64F2N12O4. The Labute approximate surface area is 407 Å². The van der Waals surface area contributed by atoms with Gasteiger partial charge in [-0.3, -0.25) is 18.4 Å². The number of hydrogen-bond acceptors (Lipinski definition) is 12. The van der Waals surface area contributed by atoms with Gasteiger partial charge in [0.2, 0.25) is 11.8 Å². The molecule has 0 radical (unpaired) electrons. The first-order valence-electron chi connectivity index (χ1n) is 24.5. The Bertz CT molecular complexity index is 2920. The van der Waals surface area contributed by atoms with Gasteiger partial charge in [-0.1, -0.05) is 6.08 Å². The summed E-state index contributed by atoms with van der Waals surface area (Å²) in [6, 6.07) is 6.68. The van der Waals surface area contributed by atoms with E-state index >= 15 is 0 Å². The first-order chi connectivity index (χ1) is 33.7. The summed E-state index contributed by atoms with van der Waals surface area (Å²) in [6.07, 6.45) is 15.3. The summed E-state index contributed by atoms with van der Waals surface area (Å²) in [4.78, 5) is 42.8. The molecule has 0 aliphatic carbocycles. The fourth-order valence-corrected chi connectivity index (χ4v) is 11.2. The zero-order chi connectivity index (χ0) is 49.4. The number of rotatable bonds is 12. The summed E-state index contributed by atoms with van der Waals surface area (Å²) in [5.41, 5.74) is 7.97. The smallest absolute Gasteiger partial charge is 0.237 e. The molecule has 8 heterocycles. The van der Waals surface area contributed by atoms with Crippen LogP contribution in [0.2, 0.25) is 0 Å². The van der Waals surface area contributed by atoms with Crippen LogP contribution in [0, 0.1) is 11.6 Å². The number of likely N-dealkylation sites (N-methyl/N-ethyl adjacent to an activating group) is 2. The number of amides is 2. The monoisotopic (exact) mass is 959 g/mol. The standard InChI is InChI=1S/C26H33FN6O2.C26H31FN6O2/c2*1-16-11-18(12-17(2)33(16)25(34)14-31(3)4)21-13-28-24(32-15-29-30-26(21)32)8-5-19-20-9-10-35-23(20)7-6-22(19)27/h6-7,13,15-18H,5,8-12,14H2,1-4H3;6-7,11,13,15-17H,5,8-10,12,14H2,1-4H3. The van der Waals surface area contributed by atoms with Crippen molar-refractivity contribution in [1.82, 2.24) is 58.8 Å². The summed E-state index contributed by atoms with van der Waals surface area (Å²) < 4.78 is 44.2. The summed E-state index contributed by atoms with van der Waals surface area (Å²) >= 11 is 0. The minimum atomic E-state index is -0.199. The van der Waals surface area contributed by atoms with Crippen molar-refractivity contribution in [2.75, 3.05) is 54.5 Å². The van der Waals surface area contributed by atoms with Crippen LogP contribution < -0.4 is 9.47 Å². The molecule has 6 aromatic rings. The summed E-state index contributed by atoms with van der Waals surface area (Å²) in [6.45, 7) is 10.4. The molecule has 0 spiro atoms. The number of nitrogens with zero attached hydrogens (tertiary/aromatic N) is 12. The average Bonchev–Trinajstić information content (AvgIpc) is 4.16. The Morgan fingerprint density at radius 3 is 1.73 bits per heavy atom. The van der Waals surface area contributed by atoms with E-state index < -0.39 is 0 Å². The number of likely N-dealkylation sites (tertiary alicyclic amines) is 1. The van der Waals surface area contributed by atoms with Gasteiger partial charge in [0.05, 0.1) is 26.3 Å². The van der Waals surface area contributed by atoms with Crippen molar-refractivity contribution in [3.63, 3.8) is 0 Å². The third-order valence-electron chi connectivity index (χ3n) is 14.3. The fraction of sp³-hybridized carbons (Fsp3) is 0.500. The van der Waals surface area contributed by atoms with E-state index in [-0.39, 0.29) is 53.5 Å². The van der Waals surface area contributed by atoms with E-state index in [1.165, 1.54) is 12.1 Å². The first kappa shape index (κ1) is 48.6. The van der Waals surface area contributed by atoms with E-state index in [1.54, 1.807) is 24.8 Å². The van der Waals surface area contributed by atoms with Crippen molar-refractivity contribution in [3.8, 4) is 11.5 Å². The van der Waals surface area contributed by atoms with Gasteiger partial charge in [0.15, 0.2) is 11.3 Å². The van der Waals surface area contributed by atoms with Gasteiger partial charge in [-0.25, -0.2) is 18.7 Å². The van der Waals surface area contributed by atoms with E-state index in [4.69, 9.17) is 19.4 Å². The third-order valence-corrected chi connectivity index (χ3v) is 14.3. The number of ether oxygens (including phenoxy) is 2. The van der Waals surface area contributed by atoms with Crippen molar-refractivity contribution in [3.05, 3.63) is 112 Å². The lowest BCUT2D eigenvalue weighted by atomic mass is 9.83. The molecule has 0 saturated carbocycles. The summed E-state index contributed by atoms with van der Waals surface area (Å²) in [7, 11) is 7.65. The van der Waals surface area contributed by atoms with E-state index in [9.17, 15) is 18.4 Å². The van der Waals surface area contributed by atoms with Gasteiger partial charge in [-0.2, -0.15) is 0 Å². The molecule has 1 fully saturated rings. The van der Waals surface area contributed by atoms with Crippen LogP contribution in [0.25, 0.3) is 16.9 Å². The van der Waals surface area contributed by atoms with Crippen LogP contribution in [0.4, 0.5) is 8.78 Å². The van der Waals surface area contributed by atoms with Gasteiger partial charge in [-0.05, 0) is 135 Å². The van der Waals surface area contributed by atoms with Gasteiger partial charge in [0.25, 0.3) is 0 Å². The highest BCUT2D eigenvalue weighted by Crippen LogP contribution is 2.38. The van der Waals surface area contributed by atoms with Gasteiger partial charge in [0, 0.05) is 84.5 Å². The summed E-state index contributed by atoms with van der Waals surface area (Å²) in [5.74, 6) is 3.30. The number of aryl methyl sites for hydroxylation is 2. The average molecular weight is 959 g/mol. The second kappa shape index (κ2) is 20.5. The Morgan fingerprint density at radius 1 is 0.671 bits per heavy atom. The molecule has 4 aliphatic heterocycles. The molecule has 4 atom stereocenters. The molecule has 18 heteroatoms. The van der Waals surface area contributed by atoms with E-state index in [0.717, 1.165) is 88.0 Å². The molecule has 1 saturated heterocycles. The highest BCUT2D eigenvalue weighted by Gasteiger charge is 2.36. The Hall–Kier alpha value is -6.40. The van der Waals surface area contributed by atoms with Crippen molar-refractivity contribution in [2.45, 2.75) is 116 Å². The third kappa shape index (κ3) is 9.84. The first-order valence-corrected chi connectivity index (χ1v) is 24.5. The van der Waals surface area contributed by atoms with E-state index in [2.05, 4.69) is 47.2 Å². The van der Waals surface area contributed by atoms with Gasteiger partial charge in [0.1, 0.15) is 47.4 Å². The van der Waals surface area contributed by atoms with Crippen molar-refractivity contribution < 1.29 is 27.8 Å². The minimum Gasteiger partial charge on any atom is -0.493 e. The Morgan fingerprint density at radius 2 is 1.19 bits per heavy atom. The minimum absolute atomic E-state index is 0.0331. The Balaban J connectivity index is 0.000000174. The van der Waals surface area contributed by atoms with Crippen LogP contribution in [0.3, 0.4) is 0 Å². The highest BCUT2D eigenvalue weighted by atomic mass is 19.1. The maximum absolute atomic E-state index is 14.6. The topological polar surface area (TPSA) is 152 Å². The number of aromatic nitrogens is 8. The zero-order valence-corrected chi connectivity index (χ0v) is 41.5. The van der Waals surface area contributed by atoms with Crippen molar-refractivity contribution >= 4 is 28.7 Å². The molecule has 370 valence electrons. The number of halogens is 2. The molecule has 4 aromatic heterocycles. The number of piperidine rings is 1. The zero-order valence-electron chi connectivity index (χ0n) is 41.5. The lowest BCUT2D eigenvalue weighted by Crippen LogP contribution is -2.51. The second-order valence-corrected chi connectivity index (χ2v) is 19.9. The predicted octanol–water partition coefficient (Wildman–Crippen LogP) is 5.97. The second-order valence-electron chi connectivity index (χ2n) is 19.9. The highest BCUT2D eigenvalue weighted by molar-refractivity contribution is 5.83. The lowest BCUT2D eigenvalue weighted by molar-refractivity contribution is -0.138. The summed E-state index contributed by atoms with van der Waals surface area (Å²) in [5, 5.41) is 17.1. The maximum atomic E-state index is 14.6. The molecule has 16 nitrogen and oxygen atoms in total. The van der Waals surface area contributed by atoms with Crippen LogP contribution in [-0.2, 0) is 48.1 Å². The van der Waals surface area contributed by atoms with Crippen LogP contribution in [0.1, 0.15) is 97.9 Å². The maximum Gasteiger partial charge on any atom is 0.237 e. The van der Waals surface area contributed by atoms with Crippen molar-refractivity contribution in [1.29, 1.82) is 0 Å². The van der Waals surface area contributed by atoms with Gasteiger partial charge in [-0.15, -0.1) is 20.4 Å². The SMILES string of the molecule is CC1C=C(c2cnc(CCc3c(F)ccc4c3CCO4)n3cnnc23)CC(C)N1C(=O)CN(C)C.CC1CC(c2cnc(CCc3c(F)ccc4c3CCO4)n3cnnc23)CC(C)N1C(=O)CN(C)C. The molecule has 0 N–H and O–H groups in total. The molecule has 10 rings (SSSR count). The number of carbonyl (C=O) groups excluding carboxylic acids is 2. The van der Waals surface area contributed by atoms with E-state index in [1.807, 2.05) is 75.9 Å². The fourth-order valence-electron chi connectivity index (χ4n) is 11.2. The number of benzene rings is 2. The normalized spacial score (nSPS) is 20.9. The quantitative estimate of drug-likeness (QED) is 0.142. The predicted molar refractivity (Wildman–Crippen MR) is 261 cm³/mol. The number of hydrogen-bond donors (Lipinski definition) is 0.